The third-order valence-corrected chi connectivity index (χ3v) is 6.91. The molecule has 1 atom stereocenters. The first-order chi connectivity index (χ1) is 11.9. The van der Waals surface area contributed by atoms with Crippen molar-refractivity contribution in [1.29, 1.82) is 0 Å². The topological polar surface area (TPSA) is 41.8 Å². The van der Waals surface area contributed by atoms with Gasteiger partial charge in [-0.25, -0.2) is 12.8 Å². The Morgan fingerprint density at radius 3 is 2.36 bits per heavy atom. The number of benzene rings is 2. The van der Waals surface area contributed by atoms with Gasteiger partial charge in [0.25, 0.3) is 0 Å². The highest BCUT2D eigenvalue weighted by Gasteiger charge is 2.32. The number of nitrogens with one attached hydrogen (secondary N) is 1. The van der Waals surface area contributed by atoms with Gasteiger partial charge in [0.1, 0.15) is 11.9 Å². The molecule has 0 saturated carbocycles. The zero-order valence-electron chi connectivity index (χ0n) is 14.0. The molecule has 2 aromatic carbocycles. The van der Waals surface area contributed by atoms with Gasteiger partial charge >= 0.3 is 0 Å². The number of piperazine rings is 1. The van der Waals surface area contributed by atoms with Crippen LogP contribution >= 0.6 is 11.6 Å². The Bertz CT molecular complexity index is 834. The molecule has 0 aliphatic carbocycles. The Morgan fingerprint density at radius 1 is 1.12 bits per heavy atom. The molecule has 1 N–H and O–H groups in total. The maximum absolute atomic E-state index is 13.1. The van der Waals surface area contributed by atoms with Crippen molar-refractivity contribution in [3.8, 4) is 0 Å². The third kappa shape index (κ3) is 4.03. The molecule has 3 rings (SSSR count). The average molecular weight is 384 g/mol. The van der Waals surface area contributed by atoms with Crippen molar-refractivity contribution < 1.29 is 17.7 Å². The molecule has 1 heterocycles. The molecular weight excluding hydrogens is 363 g/mol. The minimum atomic E-state index is -3.52. The Kier molecular flexibility index (Phi) is 5.43. The molecule has 0 radical (unpaired) electrons. The van der Waals surface area contributed by atoms with Crippen molar-refractivity contribution in [3.63, 3.8) is 0 Å². The molecule has 1 saturated heterocycles. The Labute approximate surface area is 152 Å². The highest BCUT2D eigenvalue weighted by Crippen LogP contribution is 2.20. The van der Waals surface area contributed by atoms with Gasteiger partial charge in [-0.15, -0.1) is 0 Å². The lowest BCUT2D eigenvalue weighted by atomic mass is 10.1. The molecular formula is C18H21ClFN2O2S+. The van der Waals surface area contributed by atoms with Crippen LogP contribution in [0.5, 0.6) is 0 Å². The highest BCUT2D eigenvalue weighted by atomic mass is 35.5. The zero-order valence-corrected chi connectivity index (χ0v) is 15.5. The van der Waals surface area contributed by atoms with E-state index in [0.29, 0.717) is 31.2 Å². The van der Waals surface area contributed by atoms with Crippen LogP contribution in [0.1, 0.15) is 18.5 Å². The standard InChI is InChI=1S/C18H20ClFN2O2S/c1-14(15-5-7-17(20)8-6-15)21-9-11-22(12-10-21)25(23,24)18-4-2-3-16(19)13-18/h2-8,13-14H,9-12H2,1H3/p+1/t14-/m0/s1. The summed E-state index contributed by atoms with van der Waals surface area (Å²) in [5, 5.41) is 0.412. The van der Waals surface area contributed by atoms with Crippen molar-refractivity contribution in [2.45, 2.75) is 17.9 Å². The summed E-state index contributed by atoms with van der Waals surface area (Å²) in [4.78, 5) is 1.53. The molecule has 0 spiro atoms. The maximum Gasteiger partial charge on any atom is 0.243 e. The Hall–Kier alpha value is -1.47. The second-order valence-corrected chi connectivity index (χ2v) is 8.67. The quantitative estimate of drug-likeness (QED) is 0.878. The number of hydrogen-bond acceptors (Lipinski definition) is 2. The maximum atomic E-state index is 13.1. The molecule has 1 aliphatic rings. The van der Waals surface area contributed by atoms with Gasteiger partial charge in [-0.05, 0) is 37.3 Å². The minimum Gasteiger partial charge on any atom is -0.327 e. The summed E-state index contributed by atoms with van der Waals surface area (Å²) in [6, 6.07) is 13.1. The largest absolute Gasteiger partial charge is 0.327 e. The van der Waals surface area contributed by atoms with E-state index in [1.165, 1.54) is 27.4 Å². The van der Waals surface area contributed by atoms with Crippen LogP contribution in [-0.4, -0.2) is 38.9 Å². The van der Waals surface area contributed by atoms with Gasteiger partial charge in [0.15, 0.2) is 0 Å². The first kappa shape index (κ1) is 18.3. The monoisotopic (exact) mass is 383 g/mol. The van der Waals surface area contributed by atoms with E-state index >= 15 is 0 Å². The van der Waals surface area contributed by atoms with Gasteiger partial charge in [0.05, 0.1) is 31.1 Å². The second-order valence-electron chi connectivity index (χ2n) is 6.29. The van der Waals surface area contributed by atoms with Gasteiger partial charge in [-0.1, -0.05) is 29.8 Å². The molecule has 25 heavy (non-hydrogen) atoms. The first-order valence-corrected chi connectivity index (χ1v) is 10.1. The van der Waals surface area contributed by atoms with E-state index < -0.39 is 10.0 Å². The summed E-state index contributed by atoms with van der Waals surface area (Å²) >= 11 is 5.92. The van der Waals surface area contributed by atoms with E-state index in [4.69, 9.17) is 11.6 Å². The zero-order chi connectivity index (χ0) is 18.0. The van der Waals surface area contributed by atoms with Crippen molar-refractivity contribution in [3.05, 3.63) is 64.9 Å². The molecule has 0 aromatic heterocycles. The minimum absolute atomic E-state index is 0.191. The van der Waals surface area contributed by atoms with E-state index in [1.807, 2.05) is 0 Å². The summed E-state index contributed by atoms with van der Waals surface area (Å²) in [5.41, 5.74) is 1.06. The molecule has 4 nitrogen and oxygen atoms in total. The fraction of sp³-hybridized carbons (Fsp3) is 0.333. The number of nitrogens with zero attached hydrogens (tertiary/aromatic N) is 1. The molecule has 0 unspecified atom stereocenters. The van der Waals surface area contributed by atoms with E-state index in [1.54, 1.807) is 30.3 Å². The third-order valence-electron chi connectivity index (χ3n) is 4.78. The molecule has 0 bridgehead atoms. The van der Waals surface area contributed by atoms with Crippen LogP contribution in [0.25, 0.3) is 0 Å². The lowest BCUT2D eigenvalue weighted by Crippen LogP contribution is -3.14. The number of quaternary nitrogens is 1. The number of sulfonamides is 1. The molecule has 134 valence electrons. The molecule has 0 amide bonds. The molecule has 7 heteroatoms. The molecule has 2 aromatic rings. The van der Waals surface area contributed by atoms with Gasteiger partial charge in [0.2, 0.25) is 10.0 Å². The van der Waals surface area contributed by atoms with Crippen LogP contribution in [0.2, 0.25) is 5.02 Å². The predicted octanol–water partition coefficient (Wildman–Crippen LogP) is 2.13. The normalized spacial score (nSPS) is 18.2. The summed E-state index contributed by atoms with van der Waals surface area (Å²) in [6.07, 6.45) is 0. The average Bonchev–Trinajstić information content (AvgIpc) is 2.62. The van der Waals surface area contributed by atoms with E-state index in [9.17, 15) is 12.8 Å². The molecule has 1 fully saturated rings. The SMILES string of the molecule is C[C@@H](c1ccc(F)cc1)[NH+]1CCN(S(=O)(=O)c2cccc(Cl)c2)CC1. The van der Waals surface area contributed by atoms with Crippen LogP contribution < -0.4 is 4.90 Å². The Morgan fingerprint density at radius 2 is 1.76 bits per heavy atom. The number of rotatable bonds is 4. The van der Waals surface area contributed by atoms with Crippen molar-refractivity contribution in [1.82, 2.24) is 4.31 Å². The van der Waals surface area contributed by atoms with Gasteiger partial charge < -0.3 is 4.90 Å². The number of hydrogen-bond donors (Lipinski definition) is 1. The highest BCUT2D eigenvalue weighted by molar-refractivity contribution is 7.89. The van der Waals surface area contributed by atoms with E-state index in [2.05, 4.69) is 6.92 Å². The van der Waals surface area contributed by atoms with Crippen LogP contribution in [0.3, 0.4) is 0 Å². The summed E-state index contributed by atoms with van der Waals surface area (Å²) in [6.45, 7) is 4.41. The fourth-order valence-electron chi connectivity index (χ4n) is 3.21. The fourth-order valence-corrected chi connectivity index (χ4v) is 4.95. The Balaban J connectivity index is 1.68. The van der Waals surface area contributed by atoms with Gasteiger partial charge in [0, 0.05) is 10.6 Å². The van der Waals surface area contributed by atoms with Gasteiger partial charge in [-0.2, -0.15) is 4.31 Å². The van der Waals surface area contributed by atoms with Crippen LogP contribution in [0.15, 0.2) is 53.4 Å². The lowest BCUT2D eigenvalue weighted by Gasteiger charge is -2.35. The summed E-state index contributed by atoms with van der Waals surface area (Å²) in [7, 11) is -3.52. The predicted molar refractivity (Wildman–Crippen MR) is 95.7 cm³/mol. The van der Waals surface area contributed by atoms with Crippen molar-refractivity contribution >= 4 is 21.6 Å². The van der Waals surface area contributed by atoms with Crippen LogP contribution in [0, 0.1) is 5.82 Å². The van der Waals surface area contributed by atoms with Crippen molar-refractivity contribution in [2.75, 3.05) is 26.2 Å². The van der Waals surface area contributed by atoms with E-state index in [0.717, 1.165) is 5.56 Å². The second kappa shape index (κ2) is 7.41. The smallest absolute Gasteiger partial charge is 0.243 e. The van der Waals surface area contributed by atoms with Crippen molar-refractivity contribution in [2.24, 2.45) is 0 Å². The summed E-state index contributed by atoms with van der Waals surface area (Å²) < 4.78 is 40.1. The van der Waals surface area contributed by atoms with E-state index in [-0.39, 0.29) is 16.8 Å². The molecule has 1 aliphatic heterocycles. The van der Waals surface area contributed by atoms with Crippen LogP contribution in [-0.2, 0) is 10.0 Å². The van der Waals surface area contributed by atoms with Gasteiger partial charge in [-0.3, -0.25) is 0 Å². The summed E-state index contributed by atoms with van der Waals surface area (Å²) in [5.74, 6) is -0.247. The number of halogens is 2. The van der Waals surface area contributed by atoms with Crippen LogP contribution in [0.4, 0.5) is 4.39 Å². The lowest BCUT2D eigenvalue weighted by molar-refractivity contribution is -0.933. The first-order valence-electron chi connectivity index (χ1n) is 8.23.